The first kappa shape index (κ1) is 12.9. The third-order valence-corrected chi connectivity index (χ3v) is 3.20. The molecule has 3 N–H and O–H groups in total. The average Bonchev–Trinajstić information content (AvgIpc) is 2.92. The topological polar surface area (TPSA) is 103 Å². The lowest BCUT2D eigenvalue weighted by Gasteiger charge is -2.04. The number of hydrogen-bond donors (Lipinski definition) is 2. The summed E-state index contributed by atoms with van der Waals surface area (Å²) in [5.74, 6) is -0.341. The number of benzene rings is 1. The zero-order chi connectivity index (χ0) is 15.0. The Hall–Kier alpha value is -3.09. The van der Waals surface area contributed by atoms with Crippen LogP contribution in [0.2, 0.25) is 0 Å². The molecule has 21 heavy (non-hydrogen) atoms. The van der Waals surface area contributed by atoms with Gasteiger partial charge < -0.3 is 15.6 Å². The molecule has 0 fully saturated rings. The van der Waals surface area contributed by atoms with Crippen molar-refractivity contribution in [1.82, 2.24) is 14.6 Å². The summed E-state index contributed by atoms with van der Waals surface area (Å²) in [4.78, 5) is 15.2. The maximum atomic E-state index is 11.0. The molecule has 3 aromatic rings. The minimum atomic E-state index is -1.14. The summed E-state index contributed by atoms with van der Waals surface area (Å²) in [5, 5.41) is 13.1. The predicted octanol–water partition coefficient (Wildman–Crippen LogP) is 1.69. The van der Waals surface area contributed by atoms with Gasteiger partial charge >= 0.3 is 5.97 Å². The molecule has 0 aliphatic rings. The lowest BCUT2D eigenvalue weighted by Crippen LogP contribution is -2.09. The first-order valence-electron chi connectivity index (χ1n) is 6.11. The molecule has 7 heteroatoms. The SMILES string of the molecule is COc1ccc(-c2cnn3c(N)c(C(=O)O)cnc23)cc1. The number of aromatic nitrogens is 3. The van der Waals surface area contributed by atoms with Gasteiger partial charge in [-0.2, -0.15) is 9.61 Å². The van der Waals surface area contributed by atoms with Crippen LogP contribution in [-0.4, -0.2) is 32.8 Å². The highest BCUT2D eigenvalue weighted by Crippen LogP contribution is 2.27. The van der Waals surface area contributed by atoms with E-state index >= 15 is 0 Å². The number of carboxylic acid groups (broad SMARTS) is 1. The minimum absolute atomic E-state index is 0.0484. The number of nitrogen functional groups attached to an aromatic ring is 1. The van der Waals surface area contributed by atoms with E-state index in [9.17, 15) is 4.79 Å². The van der Waals surface area contributed by atoms with E-state index < -0.39 is 5.97 Å². The van der Waals surface area contributed by atoms with Gasteiger partial charge in [0.15, 0.2) is 5.65 Å². The van der Waals surface area contributed by atoms with Crippen molar-refractivity contribution in [3.05, 3.63) is 42.2 Å². The number of ether oxygens (including phenoxy) is 1. The zero-order valence-corrected chi connectivity index (χ0v) is 11.1. The molecule has 0 unspecified atom stereocenters. The van der Waals surface area contributed by atoms with E-state index in [1.165, 1.54) is 10.7 Å². The van der Waals surface area contributed by atoms with E-state index in [4.69, 9.17) is 15.6 Å². The van der Waals surface area contributed by atoms with Crippen LogP contribution >= 0.6 is 0 Å². The Balaban J connectivity index is 2.16. The second kappa shape index (κ2) is 4.78. The fourth-order valence-electron chi connectivity index (χ4n) is 2.09. The van der Waals surface area contributed by atoms with Gasteiger partial charge in [-0.25, -0.2) is 9.78 Å². The molecule has 0 spiro atoms. The van der Waals surface area contributed by atoms with Crippen LogP contribution in [0, 0.1) is 0 Å². The highest BCUT2D eigenvalue weighted by Gasteiger charge is 2.16. The Bertz CT molecular complexity index is 824. The number of fused-ring (bicyclic) bond motifs is 1. The molecule has 106 valence electrons. The van der Waals surface area contributed by atoms with Gasteiger partial charge in [0, 0.05) is 11.8 Å². The standard InChI is InChI=1S/C14H12N4O3/c1-21-9-4-2-8(3-5-9)10-7-17-18-12(15)11(14(19)20)6-16-13(10)18/h2-7H,15H2,1H3,(H,19,20). The average molecular weight is 284 g/mol. The molecule has 0 bridgehead atoms. The molecule has 1 aromatic carbocycles. The van der Waals surface area contributed by atoms with Gasteiger partial charge in [-0.1, -0.05) is 12.1 Å². The lowest BCUT2D eigenvalue weighted by atomic mass is 10.1. The van der Waals surface area contributed by atoms with E-state index in [1.807, 2.05) is 24.3 Å². The van der Waals surface area contributed by atoms with E-state index in [2.05, 4.69) is 10.1 Å². The van der Waals surface area contributed by atoms with Gasteiger partial charge in [0.05, 0.1) is 13.3 Å². The molecular weight excluding hydrogens is 272 g/mol. The molecule has 0 saturated carbocycles. The van der Waals surface area contributed by atoms with Crippen LogP contribution in [0.4, 0.5) is 5.82 Å². The summed E-state index contributed by atoms with van der Waals surface area (Å²) in [6, 6.07) is 7.40. The van der Waals surface area contributed by atoms with Crippen molar-refractivity contribution >= 4 is 17.4 Å². The number of nitrogens with two attached hydrogens (primary N) is 1. The van der Waals surface area contributed by atoms with Gasteiger partial charge in [0.1, 0.15) is 17.1 Å². The van der Waals surface area contributed by atoms with Gasteiger partial charge in [0.2, 0.25) is 0 Å². The van der Waals surface area contributed by atoms with Crippen molar-refractivity contribution in [1.29, 1.82) is 0 Å². The molecule has 2 aromatic heterocycles. The minimum Gasteiger partial charge on any atom is -0.497 e. The number of nitrogens with zero attached hydrogens (tertiary/aromatic N) is 3. The zero-order valence-electron chi connectivity index (χ0n) is 11.1. The molecule has 7 nitrogen and oxygen atoms in total. The first-order chi connectivity index (χ1) is 10.1. The first-order valence-corrected chi connectivity index (χ1v) is 6.11. The van der Waals surface area contributed by atoms with Crippen LogP contribution in [0.5, 0.6) is 5.75 Å². The Morgan fingerprint density at radius 3 is 2.62 bits per heavy atom. The van der Waals surface area contributed by atoms with Crippen LogP contribution in [0.1, 0.15) is 10.4 Å². The molecule has 0 radical (unpaired) electrons. The highest BCUT2D eigenvalue weighted by molar-refractivity contribution is 5.93. The van der Waals surface area contributed by atoms with Crippen molar-refractivity contribution in [2.24, 2.45) is 0 Å². The second-order valence-corrected chi connectivity index (χ2v) is 4.38. The van der Waals surface area contributed by atoms with Gasteiger partial charge in [-0.15, -0.1) is 0 Å². The monoisotopic (exact) mass is 284 g/mol. The van der Waals surface area contributed by atoms with E-state index in [-0.39, 0.29) is 11.4 Å². The van der Waals surface area contributed by atoms with Crippen molar-refractivity contribution in [2.75, 3.05) is 12.8 Å². The Morgan fingerprint density at radius 2 is 2.00 bits per heavy atom. The van der Waals surface area contributed by atoms with E-state index in [0.29, 0.717) is 5.65 Å². The number of methoxy groups -OCH3 is 1. The maximum Gasteiger partial charge on any atom is 0.341 e. The molecule has 0 atom stereocenters. The fraction of sp³-hybridized carbons (Fsp3) is 0.0714. The molecule has 0 aliphatic carbocycles. The van der Waals surface area contributed by atoms with Crippen molar-refractivity contribution in [3.63, 3.8) is 0 Å². The summed E-state index contributed by atoms with van der Waals surface area (Å²) in [7, 11) is 1.60. The molecule has 3 rings (SSSR count). The van der Waals surface area contributed by atoms with Gasteiger partial charge in [-0.05, 0) is 17.7 Å². The van der Waals surface area contributed by atoms with Crippen molar-refractivity contribution in [2.45, 2.75) is 0 Å². The normalized spacial score (nSPS) is 10.7. The number of rotatable bonds is 3. The molecule has 2 heterocycles. The molecule has 0 saturated heterocycles. The summed E-state index contributed by atoms with van der Waals surface area (Å²) < 4.78 is 6.44. The maximum absolute atomic E-state index is 11.0. The smallest absolute Gasteiger partial charge is 0.341 e. The number of hydrogen-bond acceptors (Lipinski definition) is 5. The number of carbonyl (C=O) groups is 1. The lowest BCUT2D eigenvalue weighted by molar-refractivity contribution is 0.0697. The van der Waals surface area contributed by atoms with Crippen LogP contribution in [0.3, 0.4) is 0 Å². The Kier molecular flexibility index (Phi) is 2.94. The summed E-state index contributed by atoms with van der Waals surface area (Å²) >= 11 is 0. The van der Waals surface area contributed by atoms with Crippen LogP contribution < -0.4 is 10.5 Å². The van der Waals surface area contributed by atoms with Crippen molar-refractivity contribution in [3.8, 4) is 16.9 Å². The predicted molar refractivity (Wildman–Crippen MR) is 76.3 cm³/mol. The van der Waals surface area contributed by atoms with Gasteiger partial charge in [0.25, 0.3) is 0 Å². The van der Waals surface area contributed by atoms with Crippen molar-refractivity contribution < 1.29 is 14.6 Å². The molecular formula is C14H12N4O3. The third-order valence-electron chi connectivity index (χ3n) is 3.20. The number of aromatic carboxylic acids is 1. The summed E-state index contributed by atoms with van der Waals surface area (Å²) in [6.07, 6.45) is 2.84. The Labute approximate surface area is 119 Å². The third kappa shape index (κ3) is 2.04. The largest absolute Gasteiger partial charge is 0.497 e. The molecule has 0 aliphatic heterocycles. The van der Waals surface area contributed by atoms with Crippen LogP contribution in [0.25, 0.3) is 16.8 Å². The quantitative estimate of drug-likeness (QED) is 0.758. The van der Waals surface area contributed by atoms with E-state index in [0.717, 1.165) is 16.9 Å². The number of anilines is 1. The Morgan fingerprint density at radius 1 is 1.29 bits per heavy atom. The van der Waals surface area contributed by atoms with Crippen LogP contribution in [0.15, 0.2) is 36.7 Å². The van der Waals surface area contributed by atoms with Crippen LogP contribution in [-0.2, 0) is 0 Å². The van der Waals surface area contributed by atoms with Gasteiger partial charge in [-0.3, -0.25) is 0 Å². The number of carboxylic acids is 1. The molecule has 0 amide bonds. The summed E-state index contributed by atoms with van der Waals surface area (Å²) in [6.45, 7) is 0. The highest BCUT2D eigenvalue weighted by atomic mass is 16.5. The second-order valence-electron chi connectivity index (χ2n) is 4.38. The van der Waals surface area contributed by atoms with E-state index in [1.54, 1.807) is 13.3 Å². The summed E-state index contributed by atoms with van der Waals surface area (Å²) in [5.41, 5.74) is 7.90. The fourth-order valence-corrected chi connectivity index (χ4v) is 2.09.